The molecule has 0 N–H and O–H groups in total. The van der Waals surface area contributed by atoms with Crippen molar-refractivity contribution < 1.29 is 9.18 Å². The molecule has 0 saturated carbocycles. The van der Waals surface area contributed by atoms with Gasteiger partial charge in [0.1, 0.15) is 5.82 Å². The second kappa shape index (κ2) is 6.49. The minimum absolute atomic E-state index is 0.222. The normalized spacial score (nSPS) is 18.4. The SMILES string of the molecule is CCC1(CC)CCN(CC(=O)Cc2ccc(F)cc2)C1. The van der Waals surface area contributed by atoms with Crippen LogP contribution in [-0.2, 0) is 11.2 Å². The number of carbonyl (C=O) groups is 1. The Morgan fingerprint density at radius 1 is 1.25 bits per heavy atom. The van der Waals surface area contributed by atoms with Crippen molar-refractivity contribution in [1.29, 1.82) is 0 Å². The van der Waals surface area contributed by atoms with Gasteiger partial charge in [0.2, 0.25) is 0 Å². The fourth-order valence-corrected chi connectivity index (χ4v) is 3.13. The molecule has 0 aromatic heterocycles. The predicted molar refractivity (Wildman–Crippen MR) is 79.2 cm³/mol. The second-order valence-corrected chi connectivity index (χ2v) is 6.01. The number of rotatable bonds is 6. The standard InChI is InChI=1S/C17H24FNO/c1-3-17(4-2)9-10-19(13-17)12-16(20)11-14-5-7-15(18)8-6-14/h5-8H,3-4,9-13H2,1-2H3. The quantitative estimate of drug-likeness (QED) is 0.794. The lowest BCUT2D eigenvalue weighted by Crippen LogP contribution is -2.31. The first kappa shape index (κ1) is 15.2. The van der Waals surface area contributed by atoms with E-state index >= 15 is 0 Å². The first-order valence-electron chi connectivity index (χ1n) is 7.55. The molecule has 1 fully saturated rings. The molecule has 0 atom stereocenters. The van der Waals surface area contributed by atoms with E-state index in [0.717, 1.165) is 18.7 Å². The maximum atomic E-state index is 12.8. The Labute approximate surface area is 121 Å². The summed E-state index contributed by atoms with van der Waals surface area (Å²) in [7, 11) is 0. The summed E-state index contributed by atoms with van der Waals surface area (Å²) in [6.07, 6.45) is 3.98. The molecular formula is C17H24FNO. The lowest BCUT2D eigenvalue weighted by atomic mass is 9.82. The van der Waals surface area contributed by atoms with Gasteiger partial charge in [0.05, 0.1) is 6.54 Å². The second-order valence-electron chi connectivity index (χ2n) is 6.01. The van der Waals surface area contributed by atoms with Crippen molar-refractivity contribution >= 4 is 5.78 Å². The number of benzene rings is 1. The Balaban J connectivity index is 1.85. The molecular weight excluding hydrogens is 253 g/mol. The van der Waals surface area contributed by atoms with Crippen molar-refractivity contribution in [1.82, 2.24) is 4.90 Å². The van der Waals surface area contributed by atoms with Crippen molar-refractivity contribution in [3.8, 4) is 0 Å². The van der Waals surface area contributed by atoms with Crippen LogP contribution in [0.15, 0.2) is 24.3 Å². The van der Waals surface area contributed by atoms with Gasteiger partial charge >= 0.3 is 0 Å². The van der Waals surface area contributed by atoms with E-state index in [4.69, 9.17) is 0 Å². The molecule has 1 saturated heterocycles. The third-order valence-electron chi connectivity index (χ3n) is 4.73. The number of Topliss-reactive ketones (excluding diaryl/α,β-unsaturated/α-hetero) is 1. The Morgan fingerprint density at radius 3 is 2.45 bits per heavy atom. The molecule has 0 spiro atoms. The van der Waals surface area contributed by atoms with Crippen molar-refractivity contribution in [3.63, 3.8) is 0 Å². The summed E-state index contributed by atoms with van der Waals surface area (Å²) in [5, 5.41) is 0. The van der Waals surface area contributed by atoms with Crippen LogP contribution in [0.25, 0.3) is 0 Å². The van der Waals surface area contributed by atoms with Crippen LogP contribution >= 0.6 is 0 Å². The number of hydrogen-bond acceptors (Lipinski definition) is 2. The van der Waals surface area contributed by atoms with Crippen LogP contribution in [0.1, 0.15) is 38.7 Å². The Bertz CT molecular complexity index is 451. The minimum atomic E-state index is -0.253. The Hall–Kier alpha value is -1.22. The minimum Gasteiger partial charge on any atom is -0.298 e. The van der Waals surface area contributed by atoms with E-state index in [1.54, 1.807) is 12.1 Å². The summed E-state index contributed by atoms with van der Waals surface area (Å²) in [6, 6.07) is 6.22. The molecule has 1 aliphatic heterocycles. The van der Waals surface area contributed by atoms with E-state index in [1.165, 1.54) is 31.4 Å². The fourth-order valence-electron chi connectivity index (χ4n) is 3.13. The van der Waals surface area contributed by atoms with Crippen LogP contribution in [0, 0.1) is 11.2 Å². The number of ketones is 1. The number of likely N-dealkylation sites (tertiary alicyclic amines) is 1. The molecule has 0 amide bonds. The third kappa shape index (κ3) is 3.66. The number of halogens is 1. The molecule has 0 radical (unpaired) electrons. The van der Waals surface area contributed by atoms with Gasteiger partial charge < -0.3 is 0 Å². The predicted octanol–water partition coefficient (Wildman–Crippen LogP) is 3.45. The first-order valence-corrected chi connectivity index (χ1v) is 7.55. The van der Waals surface area contributed by atoms with Gasteiger partial charge in [-0.05, 0) is 48.9 Å². The average Bonchev–Trinajstić information content (AvgIpc) is 2.85. The molecule has 1 aromatic carbocycles. The maximum absolute atomic E-state index is 12.8. The van der Waals surface area contributed by atoms with E-state index in [9.17, 15) is 9.18 Å². The summed E-state index contributed by atoms with van der Waals surface area (Å²) in [6.45, 7) is 7.08. The summed E-state index contributed by atoms with van der Waals surface area (Å²) in [5.41, 5.74) is 1.31. The van der Waals surface area contributed by atoms with Gasteiger partial charge in [-0.25, -0.2) is 4.39 Å². The zero-order chi connectivity index (χ0) is 14.6. The van der Waals surface area contributed by atoms with Crippen LogP contribution in [0.3, 0.4) is 0 Å². The monoisotopic (exact) mass is 277 g/mol. The molecule has 2 rings (SSSR count). The lowest BCUT2D eigenvalue weighted by Gasteiger charge is -2.26. The maximum Gasteiger partial charge on any atom is 0.151 e. The molecule has 0 bridgehead atoms. The van der Waals surface area contributed by atoms with Gasteiger partial charge in [-0.2, -0.15) is 0 Å². The van der Waals surface area contributed by atoms with Crippen molar-refractivity contribution in [2.24, 2.45) is 5.41 Å². The van der Waals surface area contributed by atoms with E-state index in [0.29, 0.717) is 18.4 Å². The van der Waals surface area contributed by atoms with Crippen molar-refractivity contribution in [2.75, 3.05) is 19.6 Å². The Kier molecular flexibility index (Phi) is 4.92. The largest absolute Gasteiger partial charge is 0.298 e. The highest BCUT2D eigenvalue weighted by molar-refractivity contribution is 5.82. The lowest BCUT2D eigenvalue weighted by molar-refractivity contribution is -0.119. The zero-order valence-electron chi connectivity index (χ0n) is 12.5. The molecule has 0 aliphatic carbocycles. The van der Waals surface area contributed by atoms with Crippen LogP contribution in [0.4, 0.5) is 4.39 Å². The first-order chi connectivity index (χ1) is 9.57. The van der Waals surface area contributed by atoms with Gasteiger partial charge in [0.25, 0.3) is 0 Å². The number of nitrogens with zero attached hydrogens (tertiary/aromatic N) is 1. The number of hydrogen-bond donors (Lipinski definition) is 0. The topological polar surface area (TPSA) is 20.3 Å². The van der Waals surface area contributed by atoms with E-state index in [2.05, 4.69) is 18.7 Å². The average molecular weight is 277 g/mol. The molecule has 1 aliphatic rings. The highest BCUT2D eigenvalue weighted by Crippen LogP contribution is 2.36. The van der Waals surface area contributed by atoms with Gasteiger partial charge in [-0.3, -0.25) is 9.69 Å². The third-order valence-corrected chi connectivity index (χ3v) is 4.73. The van der Waals surface area contributed by atoms with Crippen molar-refractivity contribution in [2.45, 2.75) is 39.5 Å². The van der Waals surface area contributed by atoms with Crippen LogP contribution < -0.4 is 0 Å². The van der Waals surface area contributed by atoms with Crippen LogP contribution in [0.2, 0.25) is 0 Å². The van der Waals surface area contributed by atoms with E-state index < -0.39 is 0 Å². The molecule has 3 heteroatoms. The van der Waals surface area contributed by atoms with Gasteiger partial charge in [-0.1, -0.05) is 26.0 Å². The number of carbonyl (C=O) groups excluding carboxylic acids is 1. The van der Waals surface area contributed by atoms with E-state index in [1.807, 2.05) is 0 Å². The molecule has 110 valence electrons. The van der Waals surface area contributed by atoms with Gasteiger partial charge in [-0.15, -0.1) is 0 Å². The molecule has 0 unspecified atom stereocenters. The van der Waals surface area contributed by atoms with Crippen LogP contribution in [-0.4, -0.2) is 30.3 Å². The van der Waals surface area contributed by atoms with E-state index in [-0.39, 0.29) is 11.6 Å². The van der Waals surface area contributed by atoms with Crippen molar-refractivity contribution in [3.05, 3.63) is 35.6 Å². The molecule has 1 heterocycles. The fraction of sp³-hybridized carbons (Fsp3) is 0.588. The molecule has 20 heavy (non-hydrogen) atoms. The molecule has 2 nitrogen and oxygen atoms in total. The smallest absolute Gasteiger partial charge is 0.151 e. The molecule has 1 aromatic rings. The van der Waals surface area contributed by atoms with Crippen LogP contribution in [0.5, 0.6) is 0 Å². The van der Waals surface area contributed by atoms with Gasteiger partial charge in [0, 0.05) is 13.0 Å². The summed E-state index contributed by atoms with van der Waals surface area (Å²) < 4.78 is 12.8. The Morgan fingerprint density at radius 2 is 1.90 bits per heavy atom. The highest BCUT2D eigenvalue weighted by Gasteiger charge is 2.35. The summed E-state index contributed by atoms with van der Waals surface area (Å²) in [5.74, 6) is -0.0315. The zero-order valence-corrected chi connectivity index (χ0v) is 12.5. The highest BCUT2D eigenvalue weighted by atomic mass is 19.1. The summed E-state index contributed by atoms with van der Waals surface area (Å²) in [4.78, 5) is 14.4. The summed E-state index contributed by atoms with van der Waals surface area (Å²) >= 11 is 0. The van der Waals surface area contributed by atoms with Gasteiger partial charge in [0.15, 0.2) is 5.78 Å².